The van der Waals surface area contributed by atoms with Gasteiger partial charge in [0.2, 0.25) is 0 Å². The minimum Gasteiger partial charge on any atom is -0.399 e. The van der Waals surface area contributed by atoms with E-state index in [4.69, 9.17) is 17.7 Å². The number of hydrogen-bond acceptors (Lipinski definition) is 14. The van der Waals surface area contributed by atoms with E-state index >= 15 is 0 Å². The van der Waals surface area contributed by atoms with Crippen molar-refractivity contribution in [2.24, 2.45) is 35.7 Å². The molecule has 0 saturated heterocycles. The topological polar surface area (TPSA) is 281 Å². The highest BCUT2D eigenvalue weighted by Gasteiger charge is 2.24. The van der Waals surface area contributed by atoms with Crippen molar-refractivity contribution in [3.8, 4) is 47.9 Å². The van der Waals surface area contributed by atoms with Gasteiger partial charge in [-0.1, -0.05) is 84.7 Å². The van der Waals surface area contributed by atoms with E-state index in [0.717, 1.165) is 112 Å². The lowest BCUT2D eigenvalue weighted by Gasteiger charge is -2.06. The fourth-order valence-electron chi connectivity index (χ4n) is 12.6. The van der Waals surface area contributed by atoms with Gasteiger partial charge in [0.15, 0.2) is 34.7 Å². The molecule has 107 heavy (non-hydrogen) atoms. The number of carbonyl (C=O) groups is 6. The van der Waals surface area contributed by atoms with Gasteiger partial charge in [-0.3, -0.25) is 28.8 Å². The Labute approximate surface area is 611 Å². The molecule has 518 valence electrons. The van der Waals surface area contributed by atoms with E-state index in [0.29, 0.717) is 84.1 Å². The van der Waals surface area contributed by atoms with Crippen LogP contribution in [0, 0.1) is 47.9 Å². The first-order valence-corrected chi connectivity index (χ1v) is 34.4. The maximum Gasteiger partial charge on any atom is 0.186 e. The molecule has 0 fully saturated rings. The summed E-state index contributed by atoms with van der Waals surface area (Å²) in [6.07, 6.45) is 20.2. The predicted octanol–water partition coefficient (Wildman–Crippen LogP) is 16.2. The maximum atomic E-state index is 11.9. The van der Waals surface area contributed by atoms with Gasteiger partial charge >= 0.3 is 0 Å². The molecular weight excluding hydrogens is 1340 g/mol. The van der Waals surface area contributed by atoms with Crippen molar-refractivity contribution in [2.45, 2.75) is 71.6 Å². The molecular formula is C85H62N16O6. The van der Waals surface area contributed by atoms with E-state index in [9.17, 15) is 28.8 Å². The third-order valence-corrected chi connectivity index (χ3v) is 17.7. The quantitative estimate of drug-likeness (QED) is 0.0573. The molecule has 6 aliphatic rings. The van der Waals surface area contributed by atoms with E-state index < -0.39 is 0 Å². The number of nitrogens with two attached hydrogens (primary N) is 1. The molecule has 12 heterocycles. The number of carbonyl (C=O) groups excluding carboxylic acids is 6. The zero-order chi connectivity index (χ0) is 74.1. The summed E-state index contributed by atoms with van der Waals surface area (Å²) < 4.78 is 10.1. The fourth-order valence-corrected chi connectivity index (χ4v) is 12.6. The van der Waals surface area contributed by atoms with Crippen molar-refractivity contribution in [3.05, 3.63) is 248 Å². The van der Waals surface area contributed by atoms with Gasteiger partial charge in [-0.15, -0.1) is 6.42 Å². The number of fused-ring (bicyclic) bond motifs is 18. The molecule has 0 atom stereocenters. The van der Waals surface area contributed by atoms with E-state index in [-0.39, 0.29) is 34.7 Å². The van der Waals surface area contributed by atoms with Crippen molar-refractivity contribution >= 4 is 149 Å². The minimum absolute atomic E-state index is 0.0431. The van der Waals surface area contributed by atoms with Gasteiger partial charge < -0.3 is 5.73 Å². The van der Waals surface area contributed by atoms with Crippen LogP contribution >= 0.6 is 0 Å². The standard InChI is InChI=1S/C19H12N2O.C16H14N2O.C15H12N2O.C13H8N2O.C11H7N5O.C11H9N3O/c22-19-10-11-20-21-17-9-8-15(12-16(17)13-18(19)21)7-6-14-4-2-1-3-5-14;1-2-3-4-5-12-6-7-14-13(10-12)11-15-16(19)8-9-17-18(14)15;1-2-3-4-11-5-6-13-12(9-11)10-14-15(18)7-8-16-17(13)14;1-2-9-3-4-11-10(7-9)8-12-13(16)5-6-14-15(11)12;12-15-14-8-1-2-9-7(5-8)6-10-11(17)3-4-13-16(9)10;12-8-1-2-9-7(5-8)6-10-11(15)3-4-13-14(9)10/h1-5,8-9,11-13H,10H2;6-7,9-11H,2-3,8H2,1H3;5-6,8-10H,2,7H2,1H3;1,3-4,6-8H,5H2;1-2,4-6H,3H2;1-2,4-6H,3,12H2. The molecule has 0 bridgehead atoms. The molecule has 6 aromatic heterocycles. The van der Waals surface area contributed by atoms with Gasteiger partial charge in [-0.05, 0) is 164 Å². The number of benzene rings is 7. The molecule has 0 saturated carbocycles. The lowest BCUT2D eigenvalue weighted by molar-refractivity contribution is 0.0982. The molecule has 0 amide bonds. The summed E-state index contributed by atoms with van der Waals surface area (Å²) in [4.78, 5) is 73.2. The van der Waals surface area contributed by atoms with E-state index in [2.05, 4.69) is 89.0 Å². The second kappa shape index (κ2) is 30.8. The molecule has 2 N–H and O–H groups in total. The van der Waals surface area contributed by atoms with Crippen LogP contribution in [0.5, 0.6) is 0 Å². The number of rotatable bonds is 2. The van der Waals surface area contributed by atoms with Gasteiger partial charge in [0, 0.05) is 165 Å². The number of ketones is 6. The van der Waals surface area contributed by atoms with Crippen LogP contribution in [0.25, 0.3) is 75.9 Å². The Kier molecular flexibility index (Phi) is 19.9. The Morgan fingerprint density at radius 3 is 1.07 bits per heavy atom. The first-order valence-electron chi connectivity index (χ1n) is 34.4. The summed E-state index contributed by atoms with van der Waals surface area (Å²) in [5.41, 5.74) is 29.3. The molecule has 0 radical (unpaired) electrons. The average molecular weight is 1400 g/mol. The summed E-state index contributed by atoms with van der Waals surface area (Å²) >= 11 is 0. The Morgan fingerprint density at radius 1 is 0.383 bits per heavy atom. The lowest BCUT2D eigenvalue weighted by atomic mass is 10.1. The highest BCUT2D eigenvalue weighted by Crippen LogP contribution is 2.31. The van der Waals surface area contributed by atoms with E-state index in [1.165, 1.54) is 0 Å². The lowest BCUT2D eigenvalue weighted by Crippen LogP contribution is -2.11. The number of aromatic nitrogens is 6. The molecule has 0 aliphatic carbocycles. The van der Waals surface area contributed by atoms with Gasteiger partial charge in [0.1, 0.15) is 34.2 Å². The summed E-state index contributed by atoms with van der Waals surface area (Å²) in [5, 5.41) is 34.7. The number of unbranched alkanes of at least 4 members (excludes halogenated alkanes) is 1. The summed E-state index contributed by atoms with van der Waals surface area (Å²) in [7, 11) is 0. The van der Waals surface area contributed by atoms with Crippen LogP contribution < -0.4 is 5.73 Å². The van der Waals surface area contributed by atoms with Crippen LogP contribution in [0.1, 0.15) is 162 Å². The monoisotopic (exact) mass is 1400 g/mol. The van der Waals surface area contributed by atoms with Crippen molar-refractivity contribution < 1.29 is 28.8 Å². The van der Waals surface area contributed by atoms with Crippen molar-refractivity contribution in [1.29, 1.82) is 0 Å². The number of Topliss-reactive ketones (excluding diaryl/α,β-unsaturated/α-hetero) is 6. The zero-order valence-corrected chi connectivity index (χ0v) is 57.9. The van der Waals surface area contributed by atoms with Gasteiger partial charge in [0.25, 0.3) is 0 Å². The number of nitrogens with zero attached hydrogens (tertiary/aromatic N) is 15. The van der Waals surface area contributed by atoms with Gasteiger partial charge in [0.05, 0.1) is 33.1 Å². The maximum absolute atomic E-state index is 11.9. The van der Waals surface area contributed by atoms with Gasteiger partial charge in [-0.25, -0.2) is 28.1 Å². The Balaban J connectivity index is 0.000000108. The van der Waals surface area contributed by atoms with Crippen LogP contribution in [0.3, 0.4) is 0 Å². The number of anilines is 1. The Hall–Kier alpha value is -14.8. The Bertz CT molecular complexity index is 6400. The van der Waals surface area contributed by atoms with E-state index in [1.807, 2.05) is 159 Å². The molecule has 0 spiro atoms. The second-order valence-corrected chi connectivity index (χ2v) is 24.9. The molecule has 19 rings (SSSR count). The highest BCUT2D eigenvalue weighted by atomic mass is 16.1. The fraction of sp³-hybridized carbons (Fsp3) is 0.129. The van der Waals surface area contributed by atoms with Crippen molar-refractivity contribution in [2.75, 3.05) is 5.73 Å². The second-order valence-electron chi connectivity index (χ2n) is 24.9. The molecule has 22 heteroatoms. The van der Waals surface area contributed by atoms with Crippen LogP contribution in [0.2, 0.25) is 0 Å². The van der Waals surface area contributed by atoms with E-state index in [1.54, 1.807) is 89.6 Å². The largest absolute Gasteiger partial charge is 0.399 e. The molecule has 22 nitrogen and oxygen atoms in total. The Morgan fingerprint density at radius 2 is 0.701 bits per heavy atom. The smallest absolute Gasteiger partial charge is 0.186 e. The molecule has 6 aliphatic heterocycles. The summed E-state index contributed by atoms with van der Waals surface area (Å²) in [6.45, 7) is 4.14. The normalized spacial score (nSPS) is 13.5. The van der Waals surface area contributed by atoms with Crippen LogP contribution in [0.4, 0.5) is 11.4 Å². The van der Waals surface area contributed by atoms with Crippen LogP contribution in [0.15, 0.2) is 212 Å². The number of hydrogen-bond donors (Lipinski definition) is 1. The zero-order valence-electron chi connectivity index (χ0n) is 57.9. The summed E-state index contributed by atoms with van der Waals surface area (Å²) in [5.74, 6) is 21.9. The van der Waals surface area contributed by atoms with Crippen molar-refractivity contribution in [3.63, 3.8) is 0 Å². The van der Waals surface area contributed by atoms with Crippen molar-refractivity contribution in [1.82, 2.24) is 28.1 Å². The molecule has 13 aromatic rings. The third kappa shape index (κ3) is 14.7. The average Bonchev–Trinajstić information content (AvgIpc) is 2.10. The third-order valence-electron chi connectivity index (χ3n) is 17.7. The predicted molar refractivity (Wildman–Crippen MR) is 421 cm³/mol. The highest BCUT2D eigenvalue weighted by molar-refractivity contribution is 6.12. The molecule has 7 aromatic carbocycles. The molecule has 0 unspecified atom stereocenters. The number of azide groups is 1. The van der Waals surface area contributed by atoms with Crippen LogP contribution in [-0.2, 0) is 0 Å². The minimum atomic E-state index is 0.0431. The van der Waals surface area contributed by atoms with Crippen LogP contribution in [-0.4, -0.2) is 100 Å². The van der Waals surface area contributed by atoms with Gasteiger partial charge in [-0.2, -0.15) is 30.6 Å². The number of terminal acetylenes is 1. The first-order chi connectivity index (χ1) is 52.2. The first kappa shape index (κ1) is 69.3. The summed E-state index contributed by atoms with van der Waals surface area (Å²) in [6, 6.07) is 55.3. The number of nitrogen functional groups attached to an aromatic ring is 1. The SMILES string of the molecule is C#Cc1ccc2c(c1)cc1n2N=CCC1=O.CCC#Cc1ccc2c(c1)cc1n2N=CCC1=O.CCCC#Cc1ccc2c(c1)cc1n2N=CCC1=O.Nc1ccc2c(c1)cc1n2N=CCC1=O.O=C1CC=Nn2c1cc1cc(C#Cc3ccccc3)ccc12.[N-]=[N+]=Nc1ccc2c(c1)cc1n2N=CCC1=O.